The number of rotatable bonds is 4. The third-order valence-corrected chi connectivity index (χ3v) is 3.89. The Morgan fingerprint density at radius 1 is 1.28 bits per heavy atom. The summed E-state index contributed by atoms with van der Waals surface area (Å²) in [5.41, 5.74) is 2.55. The van der Waals surface area contributed by atoms with Gasteiger partial charge in [0, 0.05) is 12.8 Å². The van der Waals surface area contributed by atoms with Crippen molar-refractivity contribution in [2.75, 3.05) is 19.7 Å². The molecule has 0 amide bonds. The van der Waals surface area contributed by atoms with Crippen LogP contribution in [0.15, 0.2) is 24.3 Å². The van der Waals surface area contributed by atoms with Gasteiger partial charge in [0.25, 0.3) is 0 Å². The standard InChI is InChI=1S/C15H19NO2/c17-13(7-11-9-16-10-11)8-15-14-4-2-1-3-12(14)5-6-18-15/h1-4,11,15-16H,5-10H2. The van der Waals surface area contributed by atoms with Crippen molar-refractivity contribution < 1.29 is 9.53 Å². The van der Waals surface area contributed by atoms with Crippen molar-refractivity contribution in [2.24, 2.45) is 5.92 Å². The SMILES string of the molecule is O=C(CC1CNC1)CC1OCCc2ccccc21. The monoisotopic (exact) mass is 245 g/mol. The van der Waals surface area contributed by atoms with Crippen molar-refractivity contribution in [3.8, 4) is 0 Å². The molecule has 96 valence electrons. The van der Waals surface area contributed by atoms with Crippen molar-refractivity contribution >= 4 is 5.78 Å². The molecule has 0 radical (unpaired) electrons. The molecule has 1 fully saturated rings. The minimum absolute atomic E-state index is 0.0181. The molecule has 0 saturated carbocycles. The van der Waals surface area contributed by atoms with Crippen LogP contribution < -0.4 is 5.32 Å². The van der Waals surface area contributed by atoms with Crippen molar-refractivity contribution in [3.05, 3.63) is 35.4 Å². The summed E-state index contributed by atoms with van der Waals surface area (Å²) in [6, 6.07) is 8.33. The maximum absolute atomic E-state index is 12.0. The quantitative estimate of drug-likeness (QED) is 0.880. The van der Waals surface area contributed by atoms with Gasteiger partial charge < -0.3 is 10.1 Å². The maximum atomic E-state index is 12.0. The third kappa shape index (κ3) is 2.47. The topological polar surface area (TPSA) is 38.3 Å². The van der Waals surface area contributed by atoms with Gasteiger partial charge in [-0.15, -0.1) is 0 Å². The second kappa shape index (κ2) is 5.21. The van der Waals surface area contributed by atoms with Gasteiger partial charge >= 0.3 is 0 Å². The maximum Gasteiger partial charge on any atom is 0.136 e. The molecular formula is C15H19NO2. The summed E-state index contributed by atoms with van der Waals surface area (Å²) in [5, 5.41) is 3.20. The summed E-state index contributed by atoms with van der Waals surface area (Å²) in [6.45, 7) is 2.72. The van der Waals surface area contributed by atoms with E-state index in [-0.39, 0.29) is 6.10 Å². The molecule has 1 unspecified atom stereocenters. The van der Waals surface area contributed by atoms with E-state index in [0.29, 0.717) is 24.5 Å². The van der Waals surface area contributed by atoms with E-state index >= 15 is 0 Å². The largest absolute Gasteiger partial charge is 0.373 e. The van der Waals surface area contributed by atoms with Crippen LogP contribution in [0.4, 0.5) is 0 Å². The van der Waals surface area contributed by atoms with Crippen LogP contribution in [0.2, 0.25) is 0 Å². The normalized spacial score (nSPS) is 23.2. The second-order valence-corrected chi connectivity index (χ2v) is 5.28. The average Bonchev–Trinajstić information content (AvgIpc) is 2.34. The molecule has 3 rings (SSSR count). The summed E-state index contributed by atoms with van der Waals surface area (Å²) in [5.74, 6) is 0.888. The van der Waals surface area contributed by atoms with Crippen molar-refractivity contribution in [2.45, 2.75) is 25.4 Å². The summed E-state index contributed by atoms with van der Waals surface area (Å²) < 4.78 is 5.77. The van der Waals surface area contributed by atoms with Crippen molar-refractivity contribution in [3.63, 3.8) is 0 Å². The Balaban J connectivity index is 1.64. The zero-order valence-corrected chi connectivity index (χ0v) is 10.5. The number of hydrogen-bond donors (Lipinski definition) is 1. The second-order valence-electron chi connectivity index (χ2n) is 5.28. The lowest BCUT2D eigenvalue weighted by Gasteiger charge is -2.28. The first-order valence-corrected chi connectivity index (χ1v) is 6.75. The van der Waals surface area contributed by atoms with E-state index in [1.165, 1.54) is 11.1 Å². The fourth-order valence-electron chi connectivity index (χ4n) is 2.75. The zero-order valence-electron chi connectivity index (χ0n) is 10.5. The summed E-state index contributed by atoms with van der Waals surface area (Å²) in [4.78, 5) is 12.0. The van der Waals surface area contributed by atoms with Crippen LogP contribution in [0.25, 0.3) is 0 Å². The number of hydrogen-bond acceptors (Lipinski definition) is 3. The lowest BCUT2D eigenvalue weighted by atomic mass is 9.90. The van der Waals surface area contributed by atoms with Crippen molar-refractivity contribution in [1.29, 1.82) is 0 Å². The molecule has 0 aliphatic carbocycles. The Morgan fingerprint density at radius 2 is 2.11 bits per heavy atom. The Kier molecular flexibility index (Phi) is 3.43. The van der Waals surface area contributed by atoms with E-state index in [0.717, 1.165) is 26.1 Å². The predicted molar refractivity (Wildman–Crippen MR) is 69.4 cm³/mol. The Hall–Kier alpha value is -1.19. The molecule has 2 heterocycles. The Labute approximate surface area is 108 Å². The molecule has 1 aromatic carbocycles. The van der Waals surface area contributed by atoms with Crippen LogP contribution >= 0.6 is 0 Å². The third-order valence-electron chi connectivity index (χ3n) is 3.89. The highest BCUT2D eigenvalue weighted by Gasteiger charge is 2.26. The van der Waals surface area contributed by atoms with Gasteiger partial charge in [-0.25, -0.2) is 0 Å². The van der Waals surface area contributed by atoms with E-state index in [4.69, 9.17) is 4.74 Å². The van der Waals surface area contributed by atoms with Crippen LogP contribution in [0.3, 0.4) is 0 Å². The number of benzene rings is 1. The number of carbonyl (C=O) groups excluding carboxylic acids is 1. The summed E-state index contributed by atoms with van der Waals surface area (Å²) in [7, 11) is 0. The minimum atomic E-state index is -0.0181. The Bertz CT molecular complexity index is 440. The van der Waals surface area contributed by atoms with Gasteiger partial charge in [0.15, 0.2) is 0 Å². The van der Waals surface area contributed by atoms with Gasteiger partial charge in [0.1, 0.15) is 5.78 Å². The first-order valence-electron chi connectivity index (χ1n) is 6.75. The number of fused-ring (bicyclic) bond motifs is 1. The minimum Gasteiger partial charge on any atom is -0.373 e. The molecule has 1 aromatic rings. The lowest BCUT2D eigenvalue weighted by molar-refractivity contribution is -0.123. The smallest absolute Gasteiger partial charge is 0.136 e. The van der Waals surface area contributed by atoms with Crippen LogP contribution in [0.5, 0.6) is 0 Å². The Morgan fingerprint density at radius 3 is 2.89 bits per heavy atom. The molecule has 18 heavy (non-hydrogen) atoms. The summed E-state index contributed by atoms with van der Waals surface area (Å²) >= 11 is 0. The highest BCUT2D eigenvalue weighted by Crippen LogP contribution is 2.30. The molecule has 0 aromatic heterocycles. The fourth-order valence-corrected chi connectivity index (χ4v) is 2.75. The van der Waals surface area contributed by atoms with E-state index in [1.54, 1.807) is 0 Å². The molecule has 0 bridgehead atoms. The van der Waals surface area contributed by atoms with Crippen LogP contribution in [-0.4, -0.2) is 25.5 Å². The van der Waals surface area contributed by atoms with Gasteiger partial charge in [-0.05, 0) is 36.6 Å². The molecule has 1 N–H and O–H groups in total. The lowest BCUT2D eigenvalue weighted by Crippen LogP contribution is -2.43. The van der Waals surface area contributed by atoms with Crippen molar-refractivity contribution in [1.82, 2.24) is 5.32 Å². The molecule has 2 aliphatic heterocycles. The zero-order chi connectivity index (χ0) is 12.4. The predicted octanol–water partition coefficient (Wildman–Crippen LogP) is 1.87. The molecular weight excluding hydrogens is 226 g/mol. The highest BCUT2D eigenvalue weighted by atomic mass is 16.5. The number of carbonyl (C=O) groups is 1. The van der Waals surface area contributed by atoms with Gasteiger partial charge in [-0.1, -0.05) is 24.3 Å². The number of nitrogens with one attached hydrogen (secondary N) is 1. The highest BCUT2D eigenvalue weighted by molar-refractivity contribution is 5.79. The van der Waals surface area contributed by atoms with E-state index < -0.39 is 0 Å². The molecule has 3 nitrogen and oxygen atoms in total. The van der Waals surface area contributed by atoms with Crippen LogP contribution in [0, 0.1) is 5.92 Å². The molecule has 1 atom stereocenters. The number of ether oxygens (including phenoxy) is 1. The molecule has 2 aliphatic rings. The van der Waals surface area contributed by atoms with Gasteiger partial charge in [-0.3, -0.25) is 4.79 Å². The van der Waals surface area contributed by atoms with Crippen LogP contribution in [0.1, 0.15) is 30.1 Å². The first kappa shape index (κ1) is 11.9. The van der Waals surface area contributed by atoms with Gasteiger partial charge in [-0.2, -0.15) is 0 Å². The molecule has 0 spiro atoms. The summed E-state index contributed by atoms with van der Waals surface area (Å²) in [6.07, 6.45) is 2.19. The van der Waals surface area contributed by atoms with Gasteiger partial charge in [0.05, 0.1) is 12.7 Å². The van der Waals surface area contributed by atoms with E-state index in [9.17, 15) is 4.79 Å². The van der Waals surface area contributed by atoms with E-state index in [2.05, 4.69) is 23.5 Å². The van der Waals surface area contributed by atoms with E-state index in [1.807, 2.05) is 6.07 Å². The van der Waals surface area contributed by atoms with Crippen LogP contribution in [-0.2, 0) is 16.0 Å². The number of Topliss-reactive ketones (excluding diaryl/α,β-unsaturated/α-hetero) is 1. The first-order chi connectivity index (χ1) is 8.83. The van der Waals surface area contributed by atoms with Gasteiger partial charge in [0.2, 0.25) is 0 Å². The fraction of sp³-hybridized carbons (Fsp3) is 0.533. The molecule has 3 heteroatoms. The molecule has 1 saturated heterocycles. The number of ketones is 1. The average molecular weight is 245 g/mol.